The average Bonchev–Trinajstić information content (AvgIpc) is 2.78. The van der Waals surface area contributed by atoms with Gasteiger partial charge in [-0.15, -0.1) is 6.58 Å². The van der Waals surface area contributed by atoms with E-state index in [9.17, 15) is 9.90 Å². The lowest BCUT2D eigenvalue weighted by molar-refractivity contribution is -0.130. The first-order chi connectivity index (χ1) is 11.2. The zero-order chi connectivity index (χ0) is 17.3. The van der Waals surface area contributed by atoms with Gasteiger partial charge < -0.3 is 5.11 Å². The summed E-state index contributed by atoms with van der Waals surface area (Å²) in [4.78, 5) is 12.0. The van der Waals surface area contributed by atoms with E-state index in [0.29, 0.717) is 35.9 Å². The first-order valence-electron chi connectivity index (χ1n) is 9.82. The summed E-state index contributed by atoms with van der Waals surface area (Å²) >= 11 is 0. The third-order valence-corrected chi connectivity index (χ3v) is 8.93. The van der Waals surface area contributed by atoms with Crippen LogP contribution in [0.15, 0.2) is 24.3 Å². The van der Waals surface area contributed by atoms with Gasteiger partial charge in [-0.2, -0.15) is 0 Å². The van der Waals surface area contributed by atoms with Gasteiger partial charge >= 0.3 is 0 Å². The normalized spacial score (nSPS) is 53.7. The molecule has 4 aliphatic carbocycles. The molecule has 7 atom stereocenters. The molecule has 4 aliphatic rings. The van der Waals surface area contributed by atoms with Crippen molar-refractivity contribution in [3.8, 4) is 0 Å². The Labute approximate surface area is 146 Å². The molecule has 3 saturated carbocycles. The Morgan fingerprint density at radius 2 is 1.88 bits per heavy atom. The van der Waals surface area contributed by atoms with Crippen molar-refractivity contribution < 1.29 is 9.90 Å². The van der Waals surface area contributed by atoms with Crippen molar-refractivity contribution in [2.75, 3.05) is 0 Å². The van der Waals surface area contributed by atoms with Gasteiger partial charge in [0, 0.05) is 6.42 Å². The zero-order valence-corrected chi connectivity index (χ0v) is 15.5. The summed E-state index contributed by atoms with van der Waals surface area (Å²) in [5.74, 6) is 2.61. The number of carbonyl (C=O) groups excluding carboxylic acids is 1. The zero-order valence-electron chi connectivity index (χ0n) is 15.5. The second kappa shape index (κ2) is 5.06. The van der Waals surface area contributed by atoms with Crippen LogP contribution in [-0.2, 0) is 4.79 Å². The first kappa shape index (κ1) is 16.6. The third-order valence-electron chi connectivity index (χ3n) is 8.93. The van der Waals surface area contributed by atoms with Gasteiger partial charge in [0.2, 0.25) is 0 Å². The molecule has 3 fully saturated rings. The maximum absolute atomic E-state index is 12.0. The van der Waals surface area contributed by atoms with Crippen LogP contribution in [0.1, 0.15) is 65.7 Å². The highest BCUT2D eigenvalue weighted by Gasteiger charge is 2.63. The molecular formula is C22H32O2. The summed E-state index contributed by atoms with van der Waals surface area (Å²) in [6.45, 7) is 11.0. The van der Waals surface area contributed by atoms with Crippen LogP contribution in [0, 0.1) is 34.5 Å². The Bertz CT molecular complexity index is 615. The largest absolute Gasteiger partial charge is 0.390 e. The van der Waals surface area contributed by atoms with Crippen LogP contribution in [0.2, 0.25) is 0 Å². The molecule has 24 heavy (non-hydrogen) atoms. The summed E-state index contributed by atoms with van der Waals surface area (Å²) in [7, 11) is 0. The molecule has 2 nitrogen and oxygen atoms in total. The first-order valence-corrected chi connectivity index (χ1v) is 9.82. The van der Waals surface area contributed by atoms with E-state index < -0.39 is 5.60 Å². The van der Waals surface area contributed by atoms with E-state index in [1.807, 2.05) is 6.08 Å². The Kier molecular flexibility index (Phi) is 3.50. The van der Waals surface area contributed by atoms with E-state index in [1.54, 1.807) is 0 Å². The molecule has 4 rings (SSSR count). The lowest BCUT2D eigenvalue weighted by atomic mass is 9.44. The van der Waals surface area contributed by atoms with Gasteiger partial charge in [0.15, 0.2) is 5.78 Å². The summed E-state index contributed by atoms with van der Waals surface area (Å²) in [5.41, 5.74) is 1.08. The van der Waals surface area contributed by atoms with Crippen molar-refractivity contribution in [1.29, 1.82) is 0 Å². The molecule has 0 bridgehead atoms. The summed E-state index contributed by atoms with van der Waals surface area (Å²) in [6.07, 6.45) is 11.2. The minimum atomic E-state index is -0.534. The standard InChI is InChI=1S/C22H32O2/c1-5-14-12-15-13-16(23)6-9-20(15,2)17-7-10-21(3)18(19(14)17)8-11-22(21,4)24/h5,13-14,17-19,24H,1,6-12H2,2-4H3/t14?,17-,18+,19-,20+,21+,22?/m1/s1. The summed E-state index contributed by atoms with van der Waals surface area (Å²) < 4.78 is 0. The van der Waals surface area contributed by atoms with Crippen LogP contribution >= 0.6 is 0 Å². The van der Waals surface area contributed by atoms with E-state index in [4.69, 9.17) is 0 Å². The van der Waals surface area contributed by atoms with Crippen molar-refractivity contribution >= 4 is 5.78 Å². The minimum absolute atomic E-state index is 0.0392. The molecule has 1 N–H and O–H groups in total. The van der Waals surface area contributed by atoms with Crippen LogP contribution in [0.5, 0.6) is 0 Å². The SMILES string of the molecule is C=CC1CC2=CC(=O)CC[C@]2(C)[C@@H]2CC[C@@]3(C)[C@@H](CCC3(C)O)[C@H]12. The molecule has 0 amide bonds. The maximum atomic E-state index is 12.0. The Hall–Kier alpha value is -0.890. The summed E-state index contributed by atoms with van der Waals surface area (Å²) in [5, 5.41) is 11.0. The smallest absolute Gasteiger partial charge is 0.155 e. The van der Waals surface area contributed by atoms with Gasteiger partial charge in [-0.3, -0.25) is 4.79 Å². The van der Waals surface area contributed by atoms with Gasteiger partial charge in [-0.1, -0.05) is 25.5 Å². The highest BCUT2D eigenvalue weighted by atomic mass is 16.3. The van der Waals surface area contributed by atoms with E-state index in [0.717, 1.165) is 32.1 Å². The number of aliphatic hydroxyl groups is 1. The Morgan fingerprint density at radius 1 is 1.17 bits per heavy atom. The number of fused-ring (bicyclic) bond motifs is 5. The Balaban J connectivity index is 1.78. The quantitative estimate of drug-likeness (QED) is 0.710. The molecule has 2 heteroatoms. The minimum Gasteiger partial charge on any atom is -0.390 e. The number of hydrogen-bond donors (Lipinski definition) is 1. The molecule has 2 unspecified atom stereocenters. The molecular weight excluding hydrogens is 296 g/mol. The summed E-state index contributed by atoms with van der Waals surface area (Å²) in [6, 6.07) is 0. The van der Waals surface area contributed by atoms with Gasteiger partial charge in [-0.25, -0.2) is 0 Å². The number of rotatable bonds is 1. The molecule has 0 aliphatic heterocycles. The maximum Gasteiger partial charge on any atom is 0.155 e. The predicted octanol–water partition coefficient (Wildman–Crippen LogP) is 4.68. The molecule has 0 radical (unpaired) electrons. The number of ketones is 1. The van der Waals surface area contributed by atoms with Crippen LogP contribution in [0.25, 0.3) is 0 Å². The number of allylic oxidation sites excluding steroid dienone is 2. The highest BCUT2D eigenvalue weighted by molar-refractivity contribution is 5.91. The van der Waals surface area contributed by atoms with E-state index >= 15 is 0 Å². The molecule has 0 heterocycles. The molecule has 0 aromatic carbocycles. The average molecular weight is 328 g/mol. The topological polar surface area (TPSA) is 37.3 Å². The number of carbonyl (C=O) groups is 1. The molecule has 0 spiro atoms. The number of hydrogen-bond acceptors (Lipinski definition) is 2. The Morgan fingerprint density at radius 3 is 2.58 bits per heavy atom. The third kappa shape index (κ3) is 1.95. The fourth-order valence-corrected chi connectivity index (χ4v) is 7.10. The lowest BCUT2D eigenvalue weighted by Crippen LogP contribution is -2.56. The van der Waals surface area contributed by atoms with Crippen molar-refractivity contribution in [3.05, 3.63) is 24.3 Å². The van der Waals surface area contributed by atoms with Crippen molar-refractivity contribution in [2.24, 2.45) is 34.5 Å². The van der Waals surface area contributed by atoms with E-state index in [2.05, 4.69) is 33.4 Å². The van der Waals surface area contributed by atoms with Crippen molar-refractivity contribution in [3.63, 3.8) is 0 Å². The lowest BCUT2D eigenvalue weighted by Gasteiger charge is -2.60. The van der Waals surface area contributed by atoms with Gasteiger partial charge in [0.1, 0.15) is 0 Å². The molecule has 0 aromatic rings. The molecule has 0 aromatic heterocycles. The van der Waals surface area contributed by atoms with Gasteiger partial charge in [-0.05, 0) is 86.0 Å². The highest BCUT2D eigenvalue weighted by Crippen LogP contribution is 2.68. The second-order valence-corrected chi connectivity index (χ2v) is 9.72. The monoisotopic (exact) mass is 328 g/mol. The molecule has 0 saturated heterocycles. The van der Waals surface area contributed by atoms with Crippen LogP contribution in [0.3, 0.4) is 0 Å². The predicted molar refractivity (Wildman–Crippen MR) is 96.4 cm³/mol. The van der Waals surface area contributed by atoms with Crippen LogP contribution < -0.4 is 0 Å². The fraction of sp³-hybridized carbons (Fsp3) is 0.773. The van der Waals surface area contributed by atoms with Crippen LogP contribution in [-0.4, -0.2) is 16.5 Å². The van der Waals surface area contributed by atoms with Crippen molar-refractivity contribution in [1.82, 2.24) is 0 Å². The van der Waals surface area contributed by atoms with Gasteiger partial charge in [0.25, 0.3) is 0 Å². The van der Waals surface area contributed by atoms with Crippen molar-refractivity contribution in [2.45, 2.75) is 71.3 Å². The molecule has 132 valence electrons. The van der Waals surface area contributed by atoms with Crippen LogP contribution in [0.4, 0.5) is 0 Å². The van der Waals surface area contributed by atoms with E-state index in [-0.39, 0.29) is 10.8 Å². The second-order valence-electron chi connectivity index (χ2n) is 9.72. The fourth-order valence-electron chi connectivity index (χ4n) is 7.10. The van der Waals surface area contributed by atoms with Gasteiger partial charge in [0.05, 0.1) is 5.60 Å². The van der Waals surface area contributed by atoms with E-state index in [1.165, 1.54) is 12.0 Å².